The molecule has 7 nitrogen and oxygen atoms in total. The zero-order valence-electron chi connectivity index (χ0n) is 15.2. The Kier molecular flexibility index (Phi) is 5.90. The molecule has 1 heterocycles. The number of rotatable bonds is 5. The van der Waals surface area contributed by atoms with Crippen LogP contribution in [-0.4, -0.2) is 10.8 Å². The highest BCUT2D eigenvalue weighted by molar-refractivity contribution is 9.10. The van der Waals surface area contributed by atoms with Gasteiger partial charge >= 0.3 is 0 Å². The highest BCUT2D eigenvalue weighted by Gasteiger charge is 2.15. The van der Waals surface area contributed by atoms with Crippen LogP contribution in [-0.2, 0) is 4.79 Å². The van der Waals surface area contributed by atoms with Gasteiger partial charge < -0.3 is 9.73 Å². The fourth-order valence-corrected chi connectivity index (χ4v) is 3.15. The minimum atomic E-state index is -0.545. The average molecular weight is 452 g/mol. The number of furan rings is 1. The standard InChI is InChI=1S/C21H14BrN3O4/c1-13-4-2-3-5-19(13)24-21(26)14(12-23)10-16-7-9-20(29-16)17-8-6-15(25(27)28)11-18(17)22/h2-11H,1H3,(H,24,26)/b14-10+. The molecule has 0 radical (unpaired) electrons. The molecule has 0 atom stereocenters. The highest BCUT2D eigenvalue weighted by atomic mass is 79.9. The molecular formula is C21H14BrN3O4. The van der Waals surface area contributed by atoms with E-state index in [2.05, 4.69) is 21.2 Å². The van der Waals surface area contributed by atoms with E-state index in [0.717, 1.165) is 5.56 Å². The maximum Gasteiger partial charge on any atom is 0.270 e. The van der Waals surface area contributed by atoms with Crippen molar-refractivity contribution in [3.63, 3.8) is 0 Å². The molecule has 3 rings (SSSR count). The minimum Gasteiger partial charge on any atom is -0.457 e. The van der Waals surface area contributed by atoms with Crippen LogP contribution in [0.3, 0.4) is 0 Å². The lowest BCUT2D eigenvalue weighted by Gasteiger charge is -2.06. The maximum absolute atomic E-state index is 12.4. The number of nitro benzene ring substituents is 1. The van der Waals surface area contributed by atoms with Gasteiger partial charge in [-0.2, -0.15) is 5.26 Å². The highest BCUT2D eigenvalue weighted by Crippen LogP contribution is 2.33. The number of benzene rings is 2. The summed E-state index contributed by atoms with van der Waals surface area (Å²) >= 11 is 3.30. The molecule has 0 unspecified atom stereocenters. The third-order valence-electron chi connectivity index (χ3n) is 4.10. The molecule has 144 valence electrons. The summed E-state index contributed by atoms with van der Waals surface area (Å²) in [6, 6.07) is 16.7. The third kappa shape index (κ3) is 4.59. The first-order valence-electron chi connectivity index (χ1n) is 8.42. The van der Waals surface area contributed by atoms with Crippen LogP contribution < -0.4 is 5.32 Å². The number of non-ortho nitro benzene ring substituents is 1. The number of para-hydroxylation sites is 1. The maximum atomic E-state index is 12.4. The smallest absolute Gasteiger partial charge is 0.270 e. The fraction of sp³-hybridized carbons (Fsp3) is 0.0476. The molecule has 0 bridgehead atoms. The number of amides is 1. The van der Waals surface area contributed by atoms with Crippen molar-refractivity contribution in [2.24, 2.45) is 0 Å². The van der Waals surface area contributed by atoms with Gasteiger partial charge in [-0.15, -0.1) is 0 Å². The van der Waals surface area contributed by atoms with E-state index in [-0.39, 0.29) is 11.3 Å². The van der Waals surface area contributed by atoms with Crippen molar-refractivity contribution >= 4 is 39.3 Å². The van der Waals surface area contributed by atoms with Crippen molar-refractivity contribution in [3.8, 4) is 17.4 Å². The molecule has 0 aliphatic heterocycles. The van der Waals surface area contributed by atoms with Gasteiger partial charge in [0.2, 0.25) is 0 Å². The molecule has 1 amide bonds. The summed E-state index contributed by atoms with van der Waals surface area (Å²) in [7, 11) is 0. The number of nitriles is 1. The van der Waals surface area contributed by atoms with E-state index < -0.39 is 10.8 Å². The number of hydrogen-bond donors (Lipinski definition) is 1. The van der Waals surface area contributed by atoms with Gasteiger partial charge in [-0.25, -0.2) is 0 Å². The number of nitrogens with one attached hydrogen (secondary N) is 1. The quantitative estimate of drug-likeness (QED) is 0.239. The first kappa shape index (κ1) is 20.0. The molecule has 0 saturated carbocycles. The molecule has 0 saturated heterocycles. The van der Waals surface area contributed by atoms with E-state index in [0.29, 0.717) is 27.2 Å². The number of anilines is 1. The van der Waals surface area contributed by atoms with Gasteiger partial charge in [0.25, 0.3) is 11.6 Å². The Morgan fingerprint density at radius 1 is 1.24 bits per heavy atom. The van der Waals surface area contributed by atoms with E-state index >= 15 is 0 Å². The number of hydrogen-bond acceptors (Lipinski definition) is 5. The van der Waals surface area contributed by atoms with Crippen molar-refractivity contribution in [1.82, 2.24) is 0 Å². The van der Waals surface area contributed by atoms with Crippen LogP contribution in [0.5, 0.6) is 0 Å². The monoisotopic (exact) mass is 451 g/mol. The van der Waals surface area contributed by atoms with Crippen LogP contribution in [0.25, 0.3) is 17.4 Å². The zero-order valence-corrected chi connectivity index (χ0v) is 16.8. The molecule has 1 N–H and O–H groups in total. The Morgan fingerprint density at radius 2 is 2.00 bits per heavy atom. The van der Waals surface area contributed by atoms with Gasteiger partial charge in [-0.1, -0.05) is 18.2 Å². The lowest BCUT2D eigenvalue weighted by atomic mass is 10.1. The lowest BCUT2D eigenvalue weighted by molar-refractivity contribution is -0.384. The lowest BCUT2D eigenvalue weighted by Crippen LogP contribution is -2.14. The van der Waals surface area contributed by atoms with E-state index in [9.17, 15) is 20.2 Å². The number of nitrogens with zero attached hydrogens (tertiary/aromatic N) is 2. The molecule has 0 aliphatic carbocycles. The topological polar surface area (TPSA) is 109 Å². The van der Waals surface area contributed by atoms with Gasteiger partial charge in [0.05, 0.1) is 4.92 Å². The summed E-state index contributed by atoms with van der Waals surface area (Å²) in [4.78, 5) is 22.8. The van der Waals surface area contributed by atoms with Crippen LogP contribution in [0, 0.1) is 28.4 Å². The summed E-state index contributed by atoms with van der Waals surface area (Å²) in [5.74, 6) is 0.202. The van der Waals surface area contributed by atoms with Gasteiger partial charge in [0.1, 0.15) is 23.2 Å². The predicted molar refractivity (Wildman–Crippen MR) is 112 cm³/mol. The number of aryl methyl sites for hydroxylation is 1. The van der Waals surface area contributed by atoms with Crippen molar-refractivity contribution in [2.45, 2.75) is 6.92 Å². The molecule has 0 spiro atoms. The van der Waals surface area contributed by atoms with Crippen molar-refractivity contribution < 1.29 is 14.1 Å². The molecule has 0 fully saturated rings. The second kappa shape index (κ2) is 8.54. The van der Waals surface area contributed by atoms with Gasteiger partial charge in [-0.3, -0.25) is 14.9 Å². The molecule has 3 aromatic rings. The summed E-state index contributed by atoms with van der Waals surface area (Å²) < 4.78 is 6.19. The number of nitro groups is 1. The van der Waals surface area contributed by atoms with Gasteiger partial charge in [0.15, 0.2) is 0 Å². The van der Waals surface area contributed by atoms with Crippen LogP contribution in [0.15, 0.2) is 69.1 Å². The molecular weight excluding hydrogens is 438 g/mol. The summed E-state index contributed by atoms with van der Waals surface area (Å²) in [6.07, 6.45) is 1.34. The van der Waals surface area contributed by atoms with Crippen LogP contribution in [0.4, 0.5) is 11.4 Å². The van der Waals surface area contributed by atoms with E-state index in [1.54, 1.807) is 30.3 Å². The molecule has 0 aliphatic rings. The first-order chi connectivity index (χ1) is 13.9. The van der Waals surface area contributed by atoms with Crippen LogP contribution >= 0.6 is 15.9 Å². The van der Waals surface area contributed by atoms with Crippen molar-refractivity contribution in [1.29, 1.82) is 5.26 Å². The third-order valence-corrected chi connectivity index (χ3v) is 4.76. The second-order valence-electron chi connectivity index (χ2n) is 6.06. The van der Waals surface area contributed by atoms with Crippen molar-refractivity contribution in [3.05, 3.63) is 86.1 Å². The molecule has 29 heavy (non-hydrogen) atoms. The van der Waals surface area contributed by atoms with E-state index in [4.69, 9.17) is 4.42 Å². The Balaban J connectivity index is 1.84. The van der Waals surface area contributed by atoms with E-state index in [1.807, 2.05) is 25.1 Å². The summed E-state index contributed by atoms with van der Waals surface area (Å²) in [5, 5.41) is 22.9. The Hall–Kier alpha value is -3.70. The molecule has 2 aromatic carbocycles. The number of halogens is 1. The van der Waals surface area contributed by atoms with Crippen LogP contribution in [0.1, 0.15) is 11.3 Å². The Bertz CT molecular complexity index is 1170. The van der Waals surface area contributed by atoms with Gasteiger partial charge in [0, 0.05) is 33.9 Å². The number of carbonyl (C=O) groups is 1. The zero-order chi connectivity index (χ0) is 21.0. The fourth-order valence-electron chi connectivity index (χ4n) is 2.59. The normalized spacial score (nSPS) is 11.0. The Labute approximate surface area is 174 Å². The number of carbonyl (C=O) groups excluding carboxylic acids is 1. The minimum absolute atomic E-state index is 0.0491. The van der Waals surface area contributed by atoms with Crippen LogP contribution in [0.2, 0.25) is 0 Å². The molecule has 1 aromatic heterocycles. The largest absolute Gasteiger partial charge is 0.457 e. The predicted octanol–water partition coefficient (Wildman–Crippen LogP) is 5.47. The SMILES string of the molecule is Cc1ccccc1NC(=O)/C(C#N)=C/c1ccc(-c2ccc([N+](=O)[O-])cc2Br)o1. The second-order valence-corrected chi connectivity index (χ2v) is 6.92. The summed E-state index contributed by atoms with van der Waals surface area (Å²) in [6.45, 7) is 1.85. The van der Waals surface area contributed by atoms with Crippen molar-refractivity contribution in [2.75, 3.05) is 5.32 Å². The van der Waals surface area contributed by atoms with E-state index in [1.165, 1.54) is 18.2 Å². The summed E-state index contributed by atoms with van der Waals surface area (Å²) in [5.41, 5.74) is 1.94. The average Bonchev–Trinajstić information content (AvgIpc) is 3.16. The van der Waals surface area contributed by atoms with Gasteiger partial charge in [-0.05, 0) is 52.7 Å². The molecule has 8 heteroatoms. The first-order valence-corrected chi connectivity index (χ1v) is 9.21. The Morgan fingerprint density at radius 3 is 2.66 bits per heavy atom.